The average Bonchev–Trinajstić information content (AvgIpc) is 2.72. The maximum absolute atomic E-state index is 4.46. The van der Waals surface area contributed by atoms with Crippen molar-refractivity contribution in [2.75, 3.05) is 63.2 Å². The van der Waals surface area contributed by atoms with E-state index in [-0.39, 0.29) is 24.0 Å². The molecule has 0 bridgehead atoms. The molecule has 3 rings (SSSR count). The van der Waals surface area contributed by atoms with Gasteiger partial charge in [-0.1, -0.05) is 24.3 Å². The van der Waals surface area contributed by atoms with Crippen LogP contribution in [0.1, 0.15) is 0 Å². The summed E-state index contributed by atoms with van der Waals surface area (Å²) >= 11 is 0. The Morgan fingerprint density at radius 2 is 1.78 bits per heavy atom. The molecular weight excluding hydrogens is 451 g/mol. The lowest BCUT2D eigenvalue weighted by atomic mass is 10.3. The fourth-order valence-corrected chi connectivity index (χ4v) is 3.17. The van der Waals surface area contributed by atoms with Gasteiger partial charge in [-0.2, -0.15) is 0 Å². The molecule has 0 spiro atoms. The third kappa shape index (κ3) is 5.98. The number of aliphatic imine (C=N–C) groups is 1. The van der Waals surface area contributed by atoms with Crippen LogP contribution in [0.25, 0.3) is 0 Å². The van der Waals surface area contributed by atoms with Gasteiger partial charge in [0.15, 0.2) is 5.96 Å². The Kier molecular flexibility index (Phi) is 8.63. The topological polar surface area (TPSA) is 47.0 Å². The quantitative estimate of drug-likeness (QED) is 0.405. The first-order chi connectivity index (χ1) is 12.8. The van der Waals surface area contributed by atoms with Crippen LogP contribution in [0.4, 0.5) is 11.5 Å². The average molecular weight is 480 g/mol. The lowest BCUT2D eigenvalue weighted by Crippen LogP contribution is -2.53. The van der Waals surface area contributed by atoms with Crippen molar-refractivity contribution in [1.29, 1.82) is 0 Å². The van der Waals surface area contributed by atoms with E-state index in [1.807, 2.05) is 31.4 Å². The molecule has 1 aliphatic heterocycles. The maximum atomic E-state index is 4.46. The molecule has 0 saturated carbocycles. The number of halogens is 1. The number of nitrogens with one attached hydrogen (secondary N) is 1. The predicted octanol–water partition coefficient (Wildman–Crippen LogP) is 2.53. The fourth-order valence-electron chi connectivity index (χ4n) is 3.17. The summed E-state index contributed by atoms with van der Waals surface area (Å²) in [5.74, 6) is 2.03. The van der Waals surface area contributed by atoms with Gasteiger partial charge in [0.2, 0.25) is 0 Å². The summed E-state index contributed by atoms with van der Waals surface area (Å²) in [6.07, 6.45) is 1.85. The van der Waals surface area contributed by atoms with E-state index in [4.69, 9.17) is 0 Å². The van der Waals surface area contributed by atoms with Crippen LogP contribution in [-0.4, -0.2) is 69.2 Å². The molecule has 0 radical (unpaired) electrons. The van der Waals surface area contributed by atoms with E-state index in [0.29, 0.717) is 0 Å². The Balaban J connectivity index is 0.00000261. The molecule has 7 heteroatoms. The van der Waals surface area contributed by atoms with Crippen molar-refractivity contribution in [1.82, 2.24) is 15.2 Å². The SMILES string of the molecule is CN=C(NCCN(C)c1ccccc1)N1CCN(c2ccccn2)CC1.I. The number of anilines is 2. The molecule has 6 nitrogen and oxygen atoms in total. The van der Waals surface area contributed by atoms with E-state index in [9.17, 15) is 0 Å². The van der Waals surface area contributed by atoms with Crippen LogP contribution in [0, 0.1) is 0 Å². The van der Waals surface area contributed by atoms with Gasteiger partial charge in [-0.3, -0.25) is 4.99 Å². The van der Waals surface area contributed by atoms with E-state index < -0.39 is 0 Å². The highest BCUT2D eigenvalue weighted by Crippen LogP contribution is 2.13. The fraction of sp³-hybridized carbons (Fsp3) is 0.400. The number of likely N-dealkylation sites (N-methyl/N-ethyl adjacent to an activating group) is 1. The van der Waals surface area contributed by atoms with Crippen LogP contribution in [0.5, 0.6) is 0 Å². The number of aromatic nitrogens is 1. The summed E-state index contributed by atoms with van der Waals surface area (Å²) in [6, 6.07) is 16.5. The van der Waals surface area contributed by atoms with Crippen molar-refractivity contribution in [3.63, 3.8) is 0 Å². The van der Waals surface area contributed by atoms with Gasteiger partial charge in [-0.25, -0.2) is 4.98 Å². The highest BCUT2D eigenvalue weighted by molar-refractivity contribution is 14.0. The molecular formula is C20H29IN6. The van der Waals surface area contributed by atoms with E-state index in [1.54, 1.807) is 0 Å². The summed E-state index contributed by atoms with van der Waals surface area (Å²) in [6.45, 7) is 5.61. The Hall–Kier alpha value is -2.03. The molecule has 1 fully saturated rings. The van der Waals surface area contributed by atoms with E-state index in [2.05, 4.69) is 67.4 Å². The Morgan fingerprint density at radius 1 is 1.07 bits per heavy atom. The first-order valence-corrected chi connectivity index (χ1v) is 9.15. The van der Waals surface area contributed by atoms with Gasteiger partial charge in [0.1, 0.15) is 5.82 Å². The van der Waals surface area contributed by atoms with Gasteiger partial charge in [-0.05, 0) is 24.3 Å². The smallest absolute Gasteiger partial charge is 0.193 e. The molecule has 1 aromatic heterocycles. The van der Waals surface area contributed by atoms with Crippen molar-refractivity contribution in [2.24, 2.45) is 4.99 Å². The zero-order chi connectivity index (χ0) is 18.2. The minimum absolute atomic E-state index is 0. The lowest BCUT2D eigenvalue weighted by Gasteiger charge is -2.37. The van der Waals surface area contributed by atoms with Gasteiger partial charge in [0.05, 0.1) is 0 Å². The molecule has 0 amide bonds. The monoisotopic (exact) mass is 480 g/mol. The molecule has 1 N–H and O–H groups in total. The zero-order valence-electron chi connectivity index (χ0n) is 16.1. The van der Waals surface area contributed by atoms with Crippen molar-refractivity contribution >= 4 is 41.4 Å². The Morgan fingerprint density at radius 3 is 2.41 bits per heavy atom. The number of nitrogens with zero attached hydrogens (tertiary/aromatic N) is 5. The molecule has 0 aliphatic carbocycles. The van der Waals surface area contributed by atoms with Gasteiger partial charge in [-0.15, -0.1) is 24.0 Å². The molecule has 27 heavy (non-hydrogen) atoms. The van der Waals surface area contributed by atoms with Crippen molar-refractivity contribution in [3.8, 4) is 0 Å². The van der Waals surface area contributed by atoms with Gasteiger partial charge >= 0.3 is 0 Å². The van der Waals surface area contributed by atoms with Gasteiger partial charge in [0.25, 0.3) is 0 Å². The number of para-hydroxylation sites is 1. The second-order valence-electron chi connectivity index (χ2n) is 6.39. The van der Waals surface area contributed by atoms with E-state index in [1.165, 1.54) is 5.69 Å². The van der Waals surface area contributed by atoms with Crippen LogP contribution < -0.4 is 15.1 Å². The Labute approximate surface area is 179 Å². The maximum Gasteiger partial charge on any atom is 0.193 e. The third-order valence-corrected chi connectivity index (χ3v) is 4.69. The summed E-state index contributed by atoms with van der Waals surface area (Å²) in [5.41, 5.74) is 1.23. The second kappa shape index (κ2) is 11.0. The number of hydrogen-bond donors (Lipinski definition) is 1. The van der Waals surface area contributed by atoms with Crippen LogP contribution in [0.2, 0.25) is 0 Å². The Bertz CT molecular complexity index is 686. The van der Waals surface area contributed by atoms with Crippen LogP contribution >= 0.6 is 24.0 Å². The van der Waals surface area contributed by atoms with E-state index >= 15 is 0 Å². The second-order valence-corrected chi connectivity index (χ2v) is 6.39. The molecule has 2 heterocycles. The number of guanidine groups is 1. The number of pyridine rings is 1. The molecule has 1 saturated heterocycles. The number of hydrogen-bond acceptors (Lipinski definition) is 4. The molecule has 1 aromatic carbocycles. The summed E-state index contributed by atoms with van der Waals surface area (Å²) in [4.78, 5) is 15.8. The largest absolute Gasteiger partial charge is 0.373 e. The molecule has 2 aromatic rings. The lowest BCUT2D eigenvalue weighted by molar-refractivity contribution is 0.372. The summed E-state index contributed by atoms with van der Waals surface area (Å²) < 4.78 is 0. The predicted molar refractivity (Wildman–Crippen MR) is 125 cm³/mol. The summed E-state index contributed by atoms with van der Waals surface area (Å²) in [5, 5.41) is 3.49. The van der Waals surface area contributed by atoms with Crippen molar-refractivity contribution in [3.05, 3.63) is 54.7 Å². The van der Waals surface area contributed by atoms with Crippen molar-refractivity contribution < 1.29 is 0 Å². The molecule has 146 valence electrons. The molecule has 0 atom stereocenters. The zero-order valence-corrected chi connectivity index (χ0v) is 18.4. The van der Waals surface area contributed by atoms with Crippen LogP contribution in [0.3, 0.4) is 0 Å². The number of rotatable bonds is 5. The number of piperazine rings is 1. The van der Waals surface area contributed by atoms with Gasteiger partial charge < -0.3 is 20.0 Å². The van der Waals surface area contributed by atoms with Crippen molar-refractivity contribution in [2.45, 2.75) is 0 Å². The molecule has 1 aliphatic rings. The van der Waals surface area contributed by atoms with Gasteiger partial charge in [0, 0.05) is 65.2 Å². The normalized spacial score (nSPS) is 14.5. The standard InChI is InChI=1S/C20H28N6.HI/c1-21-20(23-12-13-24(2)18-8-4-3-5-9-18)26-16-14-25(15-17-26)19-10-6-7-11-22-19;/h3-11H,12-17H2,1-2H3,(H,21,23);1H. The minimum atomic E-state index is 0. The highest BCUT2D eigenvalue weighted by Gasteiger charge is 2.20. The first kappa shape index (κ1) is 21.3. The molecule has 0 unspecified atom stereocenters. The highest BCUT2D eigenvalue weighted by atomic mass is 127. The van der Waals surface area contributed by atoms with E-state index in [0.717, 1.165) is 51.0 Å². The minimum Gasteiger partial charge on any atom is -0.373 e. The summed E-state index contributed by atoms with van der Waals surface area (Å²) in [7, 11) is 3.97. The van der Waals surface area contributed by atoms with Crippen LogP contribution in [0.15, 0.2) is 59.7 Å². The third-order valence-electron chi connectivity index (χ3n) is 4.69. The van der Waals surface area contributed by atoms with Crippen LogP contribution in [-0.2, 0) is 0 Å². The first-order valence-electron chi connectivity index (χ1n) is 9.15. The number of benzene rings is 1.